The molecule has 0 fully saturated rings. The molecule has 0 N–H and O–H groups in total. The standard InChI is InChI=1S/C12H19F5O2S/c1-8(2)6-19-9(18)7-20-5-3-4-12(16,17)10(13)11(14)15/h8,10-11H,3-7H2,1-2H3. The minimum Gasteiger partial charge on any atom is -0.465 e. The van der Waals surface area contributed by atoms with Crippen LogP contribution in [0.15, 0.2) is 0 Å². The van der Waals surface area contributed by atoms with Gasteiger partial charge in [0.1, 0.15) is 0 Å². The number of ether oxygens (including phenoxy) is 1. The number of hydrogen-bond acceptors (Lipinski definition) is 3. The van der Waals surface area contributed by atoms with Gasteiger partial charge in [-0.3, -0.25) is 4.79 Å². The minimum absolute atomic E-state index is 0.00614. The molecule has 0 aliphatic heterocycles. The van der Waals surface area contributed by atoms with Crippen LogP contribution in [0.4, 0.5) is 22.0 Å². The Morgan fingerprint density at radius 1 is 1.25 bits per heavy atom. The first-order chi connectivity index (χ1) is 9.16. The molecule has 0 aliphatic rings. The number of thioether (sulfide) groups is 1. The fraction of sp³-hybridized carbons (Fsp3) is 0.917. The van der Waals surface area contributed by atoms with Crippen LogP contribution in [0, 0.1) is 5.92 Å². The second-order valence-corrected chi connectivity index (χ2v) is 5.84. The Bertz CT molecular complexity index is 287. The molecule has 0 aromatic heterocycles. The van der Waals surface area contributed by atoms with Gasteiger partial charge in [-0.2, -0.15) is 11.8 Å². The largest absolute Gasteiger partial charge is 0.465 e. The Morgan fingerprint density at radius 3 is 2.35 bits per heavy atom. The van der Waals surface area contributed by atoms with E-state index in [1.165, 1.54) is 0 Å². The number of carbonyl (C=O) groups is 1. The highest BCUT2D eigenvalue weighted by Gasteiger charge is 2.45. The van der Waals surface area contributed by atoms with Crippen molar-refractivity contribution in [3.63, 3.8) is 0 Å². The SMILES string of the molecule is CC(C)COC(=O)CSCCCC(F)(F)C(F)C(F)F. The summed E-state index contributed by atoms with van der Waals surface area (Å²) in [6, 6.07) is 0. The van der Waals surface area contributed by atoms with Crippen molar-refractivity contribution in [2.45, 2.75) is 45.2 Å². The number of halogens is 5. The van der Waals surface area contributed by atoms with E-state index >= 15 is 0 Å². The van der Waals surface area contributed by atoms with Crippen molar-refractivity contribution in [2.24, 2.45) is 5.92 Å². The average Bonchev–Trinajstić information content (AvgIpc) is 2.34. The zero-order valence-electron chi connectivity index (χ0n) is 11.4. The van der Waals surface area contributed by atoms with Crippen LogP contribution < -0.4 is 0 Å². The molecule has 0 aromatic carbocycles. The van der Waals surface area contributed by atoms with Crippen LogP contribution in [-0.4, -0.2) is 42.6 Å². The zero-order valence-corrected chi connectivity index (χ0v) is 12.2. The number of esters is 1. The summed E-state index contributed by atoms with van der Waals surface area (Å²) in [5.41, 5.74) is 0. The molecule has 20 heavy (non-hydrogen) atoms. The van der Waals surface area contributed by atoms with Gasteiger partial charge in [0.15, 0.2) is 0 Å². The fourth-order valence-corrected chi connectivity index (χ4v) is 1.93. The average molecular weight is 322 g/mol. The van der Waals surface area contributed by atoms with Crippen LogP contribution >= 0.6 is 11.8 Å². The van der Waals surface area contributed by atoms with Crippen molar-refractivity contribution in [1.29, 1.82) is 0 Å². The van der Waals surface area contributed by atoms with Crippen LogP contribution in [0.1, 0.15) is 26.7 Å². The van der Waals surface area contributed by atoms with E-state index in [1.807, 2.05) is 13.8 Å². The lowest BCUT2D eigenvalue weighted by atomic mass is 10.1. The lowest BCUT2D eigenvalue weighted by Crippen LogP contribution is -2.35. The van der Waals surface area contributed by atoms with Crippen LogP contribution in [0.25, 0.3) is 0 Å². The molecule has 0 radical (unpaired) electrons. The topological polar surface area (TPSA) is 26.3 Å². The Balaban J connectivity index is 3.73. The maximum Gasteiger partial charge on any atom is 0.315 e. The lowest BCUT2D eigenvalue weighted by Gasteiger charge is -2.19. The molecule has 0 aromatic rings. The summed E-state index contributed by atoms with van der Waals surface area (Å²) in [6.07, 6.45) is -8.25. The molecule has 1 atom stereocenters. The Labute approximate surface area is 119 Å². The molecule has 0 amide bonds. The molecule has 8 heteroatoms. The quantitative estimate of drug-likeness (QED) is 0.346. The van der Waals surface area contributed by atoms with Crippen molar-refractivity contribution in [3.05, 3.63) is 0 Å². The highest BCUT2D eigenvalue weighted by molar-refractivity contribution is 7.99. The zero-order chi connectivity index (χ0) is 15.8. The van der Waals surface area contributed by atoms with E-state index in [0.717, 1.165) is 11.8 Å². The van der Waals surface area contributed by atoms with Crippen molar-refractivity contribution >= 4 is 17.7 Å². The summed E-state index contributed by atoms with van der Waals surface area (Å²) in [6.45, 7) is 4.03. The molecular formula is C12H19F5O2S. The molecule has 0 heterocycles. The van der Waals surface area contributed by atoms with Crippen molar-refractivity contribution in [3.8, 4) is 0 Å². The third kappa shape index (κ3) is 8.60. The molecule has 0 aliphatic carbocycles. The summed E-state index contributed by atoms with van der Waals surface area (Å²) in [5.74, 6) is -4.12. The summed E-state index contributed by atoms with van der Waals surface area (Å²) >= 11 is 1.06. The summed E-state index contributed by atoms with van der Waals surface area (Å²) < 4.78 is 66.9. The fourth-order valence-electron chi connectivity index (χ4n) is 1.19. The predicted octanol–water partition coefficient (Wildman–Crippen LogP) is 3.94. The monoisotopic (exact) mass is 322 g/mol. The van der Waals surface area contributed by atoms with E-state index in [4.69, 9.17) is 4.74 Å². The van der Waals surface area contributed by atoms with Gasteiger partial charge < -0.3 is 4.74 Å². The van der Waals surface area contributed by atoms with Crippen LogP contribution in [-0.2, 0) is 9.53 Å². The van der Waals surface area contributed by atoms with Crippen LogP contribution in [0.3, 0.4) is 0 Å². The molecule has 0 spiro atoms. The summed E-state index contributed by atoms with van der Waals surface area (Å²) in [4.78, 5) is 11.2. The summed E-state index contributed by atoms with van der Waals surface area (Å²) in [7, 11) is 0. The molecule has 0 saturated carbocycles. The van der Waals surface area contributed by atoms with Gasteiger partial charge in [-0.25, -0.2) is 22.0 Å². The van der Waals surface area contributed by atoms with E-state index in [9.17, 15) is 26.7 Å². The van der Waals surface area contributed by atoms with Gasteiger partial charge in [0.05, 0.1) is 12.4 Å². The van der Waals surface area contributed by atoms with Gasteiger partial charge in [0.2, 0.25) is 6.17 Å². The van der Waals surface area contributed by atoms with E-state index in [1.54, 1.807) is 0 Å². The van der Waals surface area contributed by atoms with Gasteiger partial charge in [0.25, 0.3) is 12.3 Å². The van der Waals surface area contributed by atoms with Crippen LogP contribution in [0.2, 0.25) is 0 Å². The number of hydrogen-bond donors (Lipinski definition) is 0. The van der Waals surface area contributed by atoms with Gasteiger partial charge in [-0.05, 0) is 18.1 Å². The van der Waals surface area contributed by atoms with Crippen LogP contribution in [0.5, 0.6) is 0 Å². The molecule has 1 unspecified atom stereocenters. The van der Waals surface area contributed by atoms with Crippen molar-refractivity contribution < 1.29 is 31.5 Å². The molecule has 0 rings (SSSR count). The van der Waals surface area contributed by atoms with E-state index in [0.29, 0.717) is 0 Å². The lowest BCUT2D eigenvalue weighted by molar-refractivity contribution is -0.141. The smallest absolute Gasteiger partial charge is 0.315 e. The first-order valence-corrected chi connectivity index (χ1v) is 7.35. The van der Waals surface area contributed by atoms with E-state index < -0.39 is 30.9 Å². The van der Waals surface area contributed by atoms with E-state index in [-0.39, 0.29) is 30.5 Å². The maximum absolute atomic E-state index is 12.9. The third-order valence-electron chi connectivity index (χ3n) is 2.22. The van der Waals surface area contributed by atoms with Gasteiger partial charge in [-0.15, -0.1) is 0 Å². The molecule has 2 nitrogen and oxygen atoms in total. The Kier molecular flexibility index (Phi) is 9.16. The van der Waals surface area contributed by atoms with Crippen molar-refractivity contribution in [2.75, 3.05) is 18.1 Å². The summed E-state index contributed by atoms with van der Waals surface area (Å²) in [5, 5.41) is 0. The first-order valence-electron chi connectivity index (χ1n) is 6.20. The van der Waals surface area contributed by atoms with Gasteiger partial charge in [-0.1, -0.05) is 13.8 Å². The molecule has 0 saturated heterocycles. The number of alkyl halides is 5. The van der Waals surface area contributed by atoms with Gasteiger partial charge in [0, 0.05) is 6.42 Å². The number of rotatable bonds is 10. The van der Waals surface area contributed by atoms with Gasteiger partial charge >= 0.3 is 5.97 Å². The Hall–Kier alpha value is -0.530. The third-order valence-corrected chi connectivity index (χ3v) is 3.24. The van der Waals surface area contributed by atoms with E-state index in [2.05, 4.69) is 0 Å². The second kappa shape index (κ2) is 9.41. The maximum atomic E-state index is 12.9. The highest BCUT2D eigenvalue weighted by atomic mass is 32.2. The van der Waals surface area contributed by atoms with Crippen molar-refractivity contribution in [1.82, 2.24) is 0 Å². The minimum atomic E-state index is -4.03. The Morgan fingerprint density at radius 2 is 1.85 bits per heavy atom. The predicted molar refractivity (Wildman–Crippen MR) is 68.2 cm³/mol. The highest BCUT2D eigenvalue weighted by Crippen LogP contribution is 2.31. The molecule has 120 valence electrons. The normalized spacial score (nSPS) is 13.8. The number of carbonyl (C=O) groups excluding carboxylic acids is 1. The first kappa shape index (κ1) is 19.5. The molecule has 0 bridgehead atoms. The molecular weight excluding hydrogens is 303 g/mol. The second-order valence-electron chi connectivity index (χ2n) is 4.73.